The Morgan fingerprint density at radius 3 is 2.85 bits per heavy atom. The van der Waals surface area contributed by atoms with E-state index in [0.29, 0.717) is 10.9 Å². The van der Waals surface area contributed by atoms with Crippen LogP contribution in [0, 0.1) is 6.92 Å². The van der Waals surface area contributed by atoms with Crippen molar-refractivity contribution in [1.29, 1.82) is 0 Å². The zero-order chi connectivity index (χ0) is 14.3. The van der Waals surface area contributed by atoms with Gasteiger partial charge in [0.15, 0.2) is 5.69 Å². The fourth-order valence-corrected chi connectivity index (χ4v) is 3.03. The summed E-state index contributed by atoms with van der Waals surface area (Å²) in [6.07, 6.45) is 8.22. The predicted octanol–water partition coefficient (Wildman–Crippen LogP) is 2.93. The zero-order valence-electron chi connectivity index (χ0n) is 11.3. The lowest BCUT2D eigenvalue weighted by Crippen LogP contribution is -1.98. The highest BCUT2D eigenvalue weighted by atomic mass is 32.1. The number of carbonyl (C=O) groups is 1. The van der Waals surface area contributed by atoms with Crippen LogP contribution in [0.3, 0.4) is 0 Å². The molecule has 0 spiro atoms. The number of carboxylic acids is 1. The summed E-state index contributed by atoms with van der Waals surface area (Å²) >= 11 is 1.39. The number of aromatic nitrogens is 3. The van der Waals surface area contributed by atoms with E-state index < -0.39 is 5.97 Å². The molecule has 6 heteroatoms. The largest absolute Gasteiger partial charge is 0.476 e. The fourth-order valence-electron chi connectivity index (χ4n) is 2.21. The average molecular weight is 289 g/mol. The summed E-state index contributed by atoms with van der Waals surface area (Å²) in [6, 6.07) is 0. The molecule has 0 saturated heterocycles. The number of aromatic carboxylic acids is 1. The Balaban J connectivity index is 1.89. The quantitative estimate of drug-likeness (QED) is 0.939. The molecule has 0 unspecified atom stereocenters. The van der Waals surface area contributed by atoms with Gasteiger partial charge in [-0.2, -0.15) is 5.10 Å². The third-order valence-corrected chi connectivity index (χ3v) is 4.37. The normalized spacial score (nSPS) is 15.1. The van der Waals surface area contributed by atoms with Crippen molar-refractivity contribution in [2.45, 2.75) is 25.7 Å². The van der Waals surface area contributed by atoms with Crippen molar-refractivity contribution in [3.8, 4) is 0 Å². The second-order valence-electron chi connectivity index (χ2n) is 4.98. The van der Waals surface area contributed by atoms with Gasteiger partial charge < -0.3 is 5.11 Å². The van der Waals surface area contributed by atoms with Crippen LogP contribution < -0.4 is 0 Å². The van der Waals surface area contributed by atoms with Crippen molar-refractivity contribution in [1.82, 2.24) is 14.8 Å². The van der Waals surface area contributed by atoms with E-state index in [9.17, 15) is 4.79 Å². The number of nitrogens with zero attached hydrogens (tertiary/aromatic N) is 3. The summed E-state index contributed by atoms with van der Waals surface area (Å²) in [6.45, 7) is 1.78. The molecule has 3 rings (SSSR count). The summed E-state index contributed by atoms with van der Waals surface area (Å²) in [7, 11) is 1.92. The first-order valence-corrected chi connectivity index (χ1v) is 7.28. The maximum atomic E-state index is 11.0. The van der Waals surface area contributed by atoms with E-state index in [-0.39, 0.29) is 5.69 Å². The van der Waals surface area contributed by atoms with E-state index in [1.807, 2.05) is 30.1 Å². The molecular formula is C14H15N3O2S. The summed E-state index contributed by atoms with van der Waals surface area (Å²) in [4.78, 5) is 15.8. The number of rotatable bonds is 4. The topological polar surface area (TPSA) is 68.0 Å². The SMILES string of the molecule is Cc1sc(/C=C/c2c(C3CC3)cnn2C)nc1C(=O)O. The summed E-state index contributed by atoms with van der Waals surface area (Å²) in [5, 5.41) is 14.0. The Hall–Kier alpha value is -1.95. The van der Waals surface area contributed by atoms with Crippen LogP contribution >= 0.6 is 11.3 Å². The highest BCUT2D eigenvalue weighted by Gasteiger charge is 2.27. The highest BCUT2D eigenvalue weighted by Crippen LogP contribution is 2.41. The molecule has 0 atom stereocenters. The van der Waals surface area contributed by atoms with E-state index in [1.165, 1.54) is 29.7 Å². The van der Waals surface area contributed by atoms with Crippen molar-refractivity contribution in [2.75, 3.05) is 0 Å². The number of hydrogen-bond donors (Lipinski definition) is 1. The Morgan fingerprint density at radius 2 is 2.25 bits per heavy atom. The molecule has 5 nitrogen and oxygen atoms in total. The van der Waals surface area contributed by atoms with Crippen molar-refractivity contribution >= 4 is 29.5 Å². The van der Waals surface area contributed by atoms with Gasteiger partial charge in [0.1, 0.15) is 5.01 Å². The number of hydrogen-bond acceptors (Lipinski definition) is 4. The van der Waals surface area contributed by atoms with E-state index in [2.05, 4.69) is 10.1 Å². The minimum absolute atomic E-state index is 0.141. The zero-order valence-corrected chi connectivity index (χ0v) is 12.1. The minimum Gasteiger partial charge on any atom is -0.476 e. The number of thiazole rings is 1. The monoisotopic (exact) mass is 289 g/mol. The molecule has 0 aromatic carbocycles. The molecule has 104 valence electrons. The molecule has 2 aromatic heterocycles. The molecule has 20 heavy (non-hydrogen) atoms. The molecule has 1 aliphatic carbocycles. The highest BCUT2D eigenvalue weighted by molar-refractivity contribution is 7.12. The smallest absolute Gasteiger partial charge is 0.355 e. The van der Waals surface area contributed by atoms with Crippen LogP contribution in [0.5, 0.6) is 0 Å². The molecule has 1 fully saturated rings. The first kappa shape index (κ1) is 13.1. The summed E-state index contributed by atoms with van der Waals surface area (Å²) in [5.74, 6) is -0.339. The molecule has 1 saturated carbocycles. The van der Waals surface area contributed by atoms with E-state index in [0.717, 1.165) is 10.6 Å². The maximum absolute atomic E-state index is 11.0. The van der Waals surface area contributed by atoms with Crippen LogP contribution in [0.1, 0.15) is 50.4 Å². The third-order valence-electron chi connectivity index (χ3n) is 3.43. The summed E-state index contributed by atoms with van der Waals surface area (Å²) < 4.78 is 1.85. The molecule has 1 N–H and O–H groups in total. The van der Waals surface area contributed by atoms with E-state index >= 15 is 0 Å². The van der Waals surface area contributed by atoms with Gasteiger partial charge in [0.25, 0.3) is 0 Å². The fraction of sp³-hybridized carbons (Fsp3) is 0.357. The molecule has 0 bridgehead atoms. The molecule has 0 aliphatic heterocycles. The molecule has 1 aliphatic rings. The van der Waals surface area contributed by atoms with Crippen molar-refractivity contribution < 1.29 is 9.90 Å². The lowest BCUT2D eigenvalue weighted by molar-refractivity contribution is 0.0690. The maximum Gasteiger partial charge on any atom is 0.355 e. The Labute approximate surface area is 120 Å². The first-order valence-electron chi connectivity index (χ1n) is 6.47. The average Bonchev–Trinajstić information content (AvgIpc) is 3.07. The van der Waals surface area contributed by atoms with Gasteiger partial charge in [-0.1, -0.05) is 0 Å². The van der Waals surface area contributed by atoms with Crippen LogP contribution in [0.2, 0.25) is 0 Å². The molecule has 0 amide bonds. The number of carboxylic acid groups (broad SMARTS) is 1. The van der Waals surface area contributed by atoms with Crippen molar-refractivity contribution in [3.05, 3.63) is 33.0 Å². The molecular weight excluding hydrogens is 274 g/mol. The standard InChI is InChI=1S/C14H15N3O2S/c1-8-13(14(18)19)16-12(20-8)6-5-11-10(9-3-4-9)7-15-17(11)2/h5-7,9H,3-4H2,1-2H3,(H,18,19)/b6-5+. The van der Waals surface area contributed by atoms with Crippen LogP contribution in [0.15, 0.2) is 6.20 Å². The van der Waals surface area contributed by atoms with Gasteiger partial charge in [-0.15, -0.1) is 11.3 Å². The molecule has 0 radical (unpaired) electrons. The van der Waals surface area contributed by atoms with Crippen LogP contribution in [0.25, 0.3) is 12.2 Å². The van der Waals surface area contributed by atoms with E-state index in [1.54, 1.807) is 6.92 Å². The van der Waals surface area contributed by atoms with Gasteiger partial charge in [-0.05, 0) is 37.8 Å². The lowest BCUT2D eigenvalue weighted by Gasteiger charge is -1.98. The minimum atomic E-state index is -0.974. The molecule has 2 heterocycles. The Kier molecular flexibility index (Phi) is 3.17. The third kappa shape index (κ3) is 2.38. The summed E-state index contributed by atoms with van der Waals surface area (Å²) in [5.41, 5.74) is 2.50. The van der Waals surface area contributed by atoms with E-state index in [4.69, 9.17) is 5.11 Å². The van der Waals surface area contributed by atoms with Crippen molar-refractivity contribution in [3.63, 3.8) is 0 Å². The lowest BCUT2D eigenvalue weighted by atomic mass is 10.1. The second-order valence-corrected chi connectivity index (χ2v) is 6.21. The van der Waals surface area contributed by atoms with Crippen LogP contribution in [-0.4, -0.2) is 25.8 Å². The first-order chi connectivity index (χ1) is 9.56. The Morgan fingerprint density at radius 1 is 1.50 bits per heavy atom. The van der Waals surface area contributed by atoms with Gasteiger partial charge in [0.2, 0.25) is 0 Å². The van der Waals surface area contributed by atoms with Gasteiger partial charge in [-0.3, -0.25) is 4.68 Å². The van der Waals surface area contributed by atoms with Gasteiger partial charge >= 0.3 is 5.97 Å². The van der Waals surface area contributed by atoms with Gasteiger partial charge in [-0.25, -0.2) is 9.78 Å². The second kappa shape index (κ2) is 4.86. The van der Waals surface area contributed by atoms with Crippen molar-refractivity contribution in [2.24, 2.45) is 7.05 Å². The van der Waals surface area contributed by atoms with Crippen LogP contribution in [0.4, 0.5) is 0 Å². The number of aryl methyl sites for hydroxylation is 2. The van der Waals surface area contributed by atoms with Gasteiger partial charge in [0.05, 0.1) is 11.9 Å². The Bertz CT molecular complexity index is 695. The molecule has 2 aromatic rings. The predicted molar refractivity (Wildman–Crippen MR) is 77.9 cm³/mol. The van der Waals surface area contributed by atoms with Gasteiger partial charge in [0, 0.05) is 17.5 Å². The van der Waals surface area contributed by atoms with Crippen LogP contribution in [-0.2, 0) is 7.05 Å².